The maximum atomic E-state index is 4.23. The molecule has 0 aromatic carbocycles. The quantitative estimate of drug-likeness (QED) is 0.398. The van der Waals surface area contributed by atoms with Crippen LogP contribution in [0.3, 0.4) is 0 Å². The Morgan fingerprint density at radius 1 is 1.19 bits per heavy atom. The van der Waals surface area contributed by atoms with Gasteiger partial charge in [0.15, 0.2) is 0 Å². The lowest BCUT2D eigenvalue weighted by Gasteiger charge is -2.38. The maximum Gasteiger partial charge on any atom is 0.0277 e. The highest BCUT2D eigenvalue weighted by atomic mass is 32.2. The van der Waals surface area contributed by atoms with Crippen LogP contribution >= 0.6 is 11.8 Å². The normalized spacial score (nSPS) is 14.9. The van der Waals surface area contributed by atoms with Gasteiger partial charge in [-0.05, 0) is 41.4 Å². The molecule has 0 spiro atoms. The van der Waals surface area contributed by atoms with E-state index in [1.807, 2.05) is 25.0 Å². The molecule has 0 atom stereocenters. The summed E-state index contributed by atoms with van der Waals surface area (Å²) in [7, 11) is 1.81. The van der Waals surface area contributed by atoms with Crippen LogP contribution in [0.2, 0.25) is 0 Å². The first kappa shape index (κ1) is 20.2. The molecule has 0 N–H and O–H groups in total. The van der Waals surface area contributed by atoms with Crippen LogP contribution in [-0.4, -0.2) is 19.0 Å². The van der Waals surface area contributed by atoms with E-state index in [0.29, 0.717) is 5.41 Å². The van der Waals surface area contributed by atoms with Crippen LogP contribution in [0.1, 0.15) is 54.9 Å². The highest BCUT2D eigenvalue weighted by Crippen LogP contribution is 2.42. The molecule has 0 bridgehead atoms. The van der Waals surface area contributed by atoms with Crippen molar-refractivity contribution in [1.82, 2.24) is 0 Å². The van der Waals surface area contributed by atoms with Crippen LogP contribution < -0.4 is 0 Å². The van der Waals surface area contributed by atoms with Gasteiger partial charge >= 0.3 is 0 Å². The van der Waals surface area contributed by atoms with Gasteiger partial charge in [0.2, 0.25) is 0 Å². The van der Waals surface area contributed by atoms with E-state index < -0.39 is 0 Å². The summed E-state index contributed by atoms with van der Waals surface area (Å²) in [6.45, 7) is 20.1. The summed E-state index contributed by atoms with van der Waals surface area (Å²) in [5, 5.41) is 0. The summed E-state index contributed by atoms with van der Waals surface area (Å²) >= 11 is 1.91. The number of hydrogen-bond donors (Lipinski definition) is 0. The molecule has 0 fully saturated rings. The molecule has 0 aliphatic heterocycles. The molecule has 0 amide bonds. The summed E-state index contributed by atoms with van der Waals surface area (Å²) in [6.07, 6.45) is 7.21. The van der Waals surface area contributed by atoms with Crippen LogP contribution in [0.25, 0.3) is 0 Å². The zero-order chi connectivity index (χ0) is 16.7. The highest BCUT2D eigenvalue weighted by Gasteiger charge is 2.32. The first-order valence-corrected chi connectivity index (χ1v) is 8.68. The third-order valence-corrected chi connectivity index (χ3v) is 5.94. The molecule has 1 nitrogen and oxygen atoms in total. The third kappa shape index (κ3) is 6.69. The molecule has 0 radical (unpaired) electrons. The van der Waals surface area contributed by atoms with E-state index in [2.05, 4.69) is 72.2 Å². The van der Waals surface area contributed by atoms with Crippen molar-refractivity contribution in [3.8, 4) is 0 Å². The fraction of sp³-hybridized carbons (Fsp3) is 0.632. The SMILES string of the molecule is C=C(/C=C(\C=N/C)CC)/C(=C\C)SCC(C)(C)C(C)(C)C. The summed E-state index contributed by atoms with van der Waals surface area (Å²) < 4.78 is 0. The van der Waals surface area contributed by atoms with Crippen LogP contribution in [0.4, 0.5) is 0 Å². The fourth-order valence-electron chi connectivity index (χ4n) is 1.53. The molecule has 21 heavy (non-hydrogen) atoms. The zero-order valence-corrected chi connectivity index (χ0v) is 16.0. The Morgan fingerprint density at radius 3 is 2.14 bits per heavy atom. The van der Waals surface area contributed by atoms with Crippen molar-refractivity contribution in [2.45, 2.75) is 54.9 Å². The summed E-state index contributed by atoms with van der Waals surface area (Å²) in [5.74, 6) is 1.09. The van der Waals surface area contributed by atoms with Gasteiger partial charge in [0.1, 0.15) is 0 Å². The van der Waals surface area contributed by atoms with Crippen molar-refractivity contribution in [1.29, 1.82) is 0 Å². The molecule has 0 unspecified atom stereocenters. The Labute approximate surface area is 136 Å². The van der Waals surface area contributed by atoms with Crippen molar-refractivity contribution in [3.63, 3.8) is 0 Å². The number of hydrogen-bond acceptors (Lipinski definition) is 2. The average Bonchev–Trinajstić information content (AvgIpc) is 2.37. The van der Waals surface area contributed by atoms with E-state index in [1.165, 1.54) is 10.5 Å². The van der Waals surface area contributed by atoms with Crippen molar-refractivity contribution in [2.75, 3.05) is 12.8 Å². The average molecular weight is 308 g/mol. The second-order valence-corrected chi connectivity index (χ2v) is 8.08. The Kier molecular flexibility index (Phi) is 8.31. The molecule has 2 heteroatoms. The Balaban J connectivity index is 4.95. The van der Waals surface area contributed by atoms with Crippen molar-refractivity contribution in [2.24, 2.45) is 15.8 Å². The zero-order valence-electron chi connectivity index (χ0n) is 15.2. The molecule has 0 aliphatic rings. The fourth-order valence-corrected chi connectivity index (χ4v) is 2.89. The second kappa shape index (κ2) is 8.63. The van der Waals surface area contributed by atoms with Crippen LogP contribution in [-0.2, 0) is 0 Å². The van der Waals surface area contributed by atoms with Crippen molar-refractivity contribution in [3.05, 3.63) is 34.8 Å². The van der Waals surface area contributed by atoms with E-state index in [-0.39, 0.29) is 5.41 Å². The number of rotatable bonds is 7. The maximum absolute atomic E-state index is 4.23. The molecule has 0 aliphatic carbocycles. The largest absolute Gasteiger partial charge is 0.296 e. The van der Waals surface area contributed by atoms with Gasteiger partial charge in [-0.2, -0.15) is 0 Å². The van der Waals surface area contributed by atoms with Crippen LogP contribution in [0.5, 0.6) is 0 Å². The first-order chi connectivity index (χ1) is 9.59. The number of thioether (sulfide) groups is 1. The lowest BCUT2D eigenvalue weighted by molar-refractivity contribution is 0.163. The number of aliphatic imine (C=N–C) groups is 1. The van der Waals surface area contributed by atoms with Crippen LogP contribution in [0, 0.1) is 10.8 Å². The first-order valence-electron chi connectivity index (χ1n) is 7.70. The summed E-state index contributed by atoms with van der Waals surface area (Å²) in [5.41, 5.74) is 2.87. The predicted octanol–water partition coefficient (Wildman–Crippen LogP) is 6.29. The van der Waals surface area contributed by atoms with E-state index in [4.69, 9.17) is 0 Å². The molecular formula is C19H33NS. The van der Waals surface area contributed by atoms with E-state index in [9.17, 15) is 0 Å². The monoisotopic (exact) mass is 307 g/mol. The van der Waals surface area contributed by atoms with Gasteiger partial charge < -0.3 is 0 Å². The van der Waals surface area contributed by atoms with Gasteiger partial charge in [0.25, 0.3) is 0 Å². The van der Waals surface area contributed by atoms with Gasteiger partial charge in [-0.3, -0.25) is 4.99 Å². The van der Waals surface area contributed by atoms with E-state index in [1.54, 1.807) is 0 Å². The lowest BCUT2D eigenvalue weighted by Crippen LogP contribution is -2.31. The number of nitrogens with zero attached hydrogens (tertiary/aromatic N) is 1. The van der Waals surface area contributed by atoms with E-state index in [0.717, 1.165) is 17.7 Å². The molecule has 0 aromatic heterocycles. The molecular weight excluding hydrogens is 274 g/mol. The van der Waals surface area contributed by atoms with Crippen LogP contribution in [0.15, 0.2) is 39.8 Å². The number of allylic oxidation sites excluding steroid dienone is 4. The molecule has 0 rings (SSSR count). The molecule has 0 saturated heterocycles. The standard InChI is InChI=1S/C19H33NS/c1-10-16(13-20-9)12-15(3)17(11-2)21-14-19(7,8)18(4,5)6/h11-13H,3,10,14H2,1-2,4-9H3/b16-12-,17-11+,20-13-. The minimum Gasteiger partial charge on any atom is -0.296 e. The summed E-state index contributed by atoms with van der Waals surface area (Å²) in [4.78, 5) is 5.37. The Morgan fingerprint density at radius 2 is 1.76 bits per heavy atom. The van der Waals surface area contributed by atoms with Crippen molar-refractivity contribution >= 4 is 18.0 Å². The van der Waals surface area contributed by atoms with Gasteiger partial charge in [0.05, 0.1) is 0 Å². The summed E-state index contributed by atoms with van der Waals surface area (Å²) in [6, 6.07) is 0. The van der Waals surface area contributed by atoms with Gasteiger partial charge in [-0.1, -0.05) is 54.2 Å². The topological polar surface area (TPSA) is 12.4 Å². The predicted molar refractivity (Wildman–Crippen MR) is 101 cm³/mol. The van der Waals surface area contributed by atoms with Crippen molar-refractivity contribution < 1.29 is 0 Å². The smallest absolute Gasteiger partial charge is 0.0277 e. The molecule has 0 aromatic rings. The minimum absolute atomic E-state index is 0.272. The Hall–Kier alpha value is -0.760. The molecule has 120 valence electrons. The van der Waals surface area contributed by atoms with Gasteiger partial charge in [0, 0.05) is 23.9 Å². The second-order valence-electron chi connectivity index (χ2n) is 7.06. The highest BCUT2D eigenvalue weighted by molar-refractivity contribution is 8.03. The third-order valence-electron chi connectivity index (χ3n) is 4.26. The molecule has 0 heterocycles. The van der Waals surface area contributed by atoms with Gasteiger partial charge in [-0.25, -0.2) is 0 Å². The lowest BCUT2D eigenvalue weighted by atomic mass is 9.71. The minimum atomic E-state index is 0.272. The van der Waals surface area contributed by atoms with E-state index >= 15 is 0 Å². The molecule has 0 saturated carbocycles. The van der Waals surface area contributed by atoms with Gasteiger partial charge in [-0.15, -0.1) is 11.8 Å². The Bertz CT molecular complexity index is 431.